The first kappa shape index (κ1) is 12.8. The summed E-state index contributed by atoms with van der Waals surface area (Å²) in [6, 6.07) is 4.73. The summed E-state index contributed by atoms with van der Waals surface area (Å²) in [6.07, 6.45) is 0.787. The molecule has 0 aliphatic carbocycles. The van der Waals surface area contributed by atoms with Crippen molar-refractivity contribution in [1.82, 2.24) is 0 Å². The molecular weight excluding hydrogens is 179 g/mol. The minimum atomic E-state index is -0.415. The predicted octanol–water partition coefficient (Wildman–Crippen LogP) is 3.62. The van der Waals surface area contributed by atoms with E-state index >= 15 is 0 Å². The summed E-state index contributed by atoms with van der Waals surface area (Å²) in [5, 5.41) is 0. The quantitative estimate of drug-likeness (QED) is 0.660. The molecule has 1 rings (SSSR count). The first-order chi connectivity index (χ1) is 6.65. The van der Waals surface area contributed by atoms with E-state index in [1.54, 1.807) is 6.07 Å². The molecule has 2 heteroatoms. The van der Waals surface area contributed by atoms with Gasteiger partial charge in [-0.05, 0) is 31.0 Å². The van der Waals surface area contributed by atoms with Gasteiger partial charge in [-0.15, -0.1) is 0 Å². The Kier molecular flexibility index (Phi) is 5.77. The smallest absolute Gasteiger partial charge is 0.162 e. The number of hydrogen-bond acceptors (Lipinski definition) is 1. The minimum Gasteiger partial charge on any atom is -0.294 e. The lowest BCUT2D eigenvalue weighted by atomic mass is 10.1. The molecule has 1 nitrogen and oxygen atoms in total. The topological polar surface area (TPSA) is 17.1 Å². The molecule has 1 aromatic carbocycles. The molecule has 0 saturated heterocycles. The molecule has 0 bridgehead atoms. The van der Waals surface area contributed by atoms with E-state index in [0.29, 0.717) is 0 Å². The Morgan fingerprint density at radius 1 is 1.36 bits per heavy atom. The van der Waals surface area contributed by atoms with Gasteiger partial charge in [0.15, 0.2) is 5.78 Å². The molecule has 0 heterocycles. The van der Waals surface area contributed by atoms with Crippen LogP contribution < -0.4 is 0 Å². The van der Waals surface area contributed by atoms with E-state index in [4.69, 9.17) is 0 Å². The number of hydrogen-bond donors (Lipinski definition) is 0. The normalized spacial score (nSPS) is 8.93. The zero-order valence-electron chi connectivity index (χ0n) is 9.23. The maximum atomic E-state index is 13.1. The highest BCUT2D eigenvalue weighted by Gasteiger charge is 2.06. The summed E-state index contributed by atoms with van der Waals surface area (Å²) >= 11 is 0. The molecule has 0 unspecified atom stereocenters. The lowest BCUT2D eigenvalue weighted by Gasteiger charge is -2.00. The van der Waals surface area contributed by atoms with Gasteiger partial charge in [-0.2, -0.15) is 0 Å². The number of Topliss-reactive ketones (excluding diaryl/α,β-unsaturated/α-hetero) is 1. The number of carbonyl (C=O) groups is 1. The van der Waals surface area contributed by atoms with Crippen molar-refractivity contribution in [2.45, 2.75) is 34.1 Å². The molecule has 1 aromatic rings. The number of aryl methyl sites for hydroxylation is 1. The van der Waals surface area contributed by atoms with Gasteiger partial charge in [-0.1, -0.05) is 26.8 Å². The molecule has 0 amide bonds. The van der Waals surface area contributed by atoms with Crippen molar-refractivity contribution in [3.8, 4) is 0 Å². The van der Waals surface area contributed by atoms with Crippen LogP contribution in [0.25, 0.3) is 0 Å². The van der Waals surface area contributed by atoms with Crippen LogP contribution >= 0.6 is 0 Å². The molecule has 0 aliphatic heterocycles. The summed E-state index contributed by atoms with van der Waals surface area (Å²) in [6.45, 7) is 7.31. The minimum absolute atomic E-state index is 0.173. The Morgan fingerprint density at radius 3 is 2.29 bits per heavy atom. The number of ketones is 1. The van der Waals surface area contributed by atoms with Gasteiger partial charge in [0.05, 0.1) is 5.56 Å². The highest BCUT2D eigenvalue weighted by Crippen LogP contribution is 2.11. The fraction of sp³-hybridized carbons (Fsp3) is 0.417. The van der Waals surface area contributed by atoms with E-state index in [9.17, 15) is 9.18 Å². The lowest BCUT2D eigenvalue weighted by molar-refractivity contribution is 0.101. The fourth-order valence-electron chi connectivity index (χ4n) is 1.06. The SMILES string of the molecule is CC.CCc1ccc(C(C)=O)c(F)c1. The highest BCUT2D eigenvalue weighted by atomic mass is 19.1. The summed E-state index contributed by atoms with van der Waals surface area (Å²) in [7, 11) is 0. The number of halogens is 1. The van der Waals surface area contributed by atoms with Crippen LogP contribution in [0.5, 0.6) is 0 Å². The molecule has 0 aromatic heterocycles. The van der Waals surface area contributed by atoms with Gasteiger partial charge in [-0.3, -0.25) is 4.79 Å². The largest absolute Gasteiger partial charge is 0.294 e. The molecule has 0 atom stereocenters. The van der Waals surface area contributed by atoms with Crippen LogP contribution in [0.4, 0.5) is 4.39 Å². The first-order valence-electron chi connectivity index (χ1n) is 4.94. The van der Waals surface area contributed by atoms with Gasteiger partial charge < -0.3 is 0 Å². The standard InChI is InChI=1S/C10H11FO.C2H6/c1-3-8-4-5-9(7(2)12)10(11)6-8;1-2/h4-6H,3H2,1-2H3;1-2H3. The van der Waals surface area contributed by atoms with E-state index in [1.165, 1.54) is 19.1 Å². The van der Waals surface area contributed by atoms with Gasteiger partial charge in [0, 0.05) is 0 Å². The summed E-state index contributed by atoms with van der Waals surface area (Å²) in [5.74, 6) is -0.642. The molecule has 0 radical (unpaired) electrons. The molecular formula is C12H17FO. The van der Waals surface area contributed by atoms with Gasteiger partial charge in [0.2, 0.25) is 0 Å². The van der Waals surface area contributed by atoms with Crippen molar-refractivity contribution in [1.29, 1.82) is 0 Å². The second kappa shape index (κ2) is 6.30. The van der Waals surface area contributed by atoms with Crippen molar-refractivity contribution in [2.75, 3.05) is 0 Å². The summed E-state index contributed by atoms with van der Waals surface area (Å²) in [5.41, 5.74) is 1.09. The first-order valence-corrected chi connectivity index (χ1v) is 4.94. The molecule has 0 aliphatic rings. The van der Waals surface area contributed by atoms with Crippen molar-refractivity contribution < 1.29 is 9.18 Å². The maximum Gasteiger partial charge on any atom is 0.162 e. The third kappa shape index (κ3) is 3.29. The molecule has 0 saturated carbocycles. The molecule has 0 N–H and O–H groups in total. The van der Waals surface area contributed by atoms with Crippen molar-refractivity contribution in [3.63, 3.8) is 0 Å². The average molecular weight is 196 g/mol. The Balaban J connectivity index is 0.000000791. The van der Waals surface area contributed by atoms with Gasteiger partial charge in [0.25, 0.3) is 0 Å². The van der Waals surface area contributed by atoms with Crippen LogP contribution in [0.15, 0.2) is 18.2 Å². The highest BCUT2D eigenvalue weighted by molar-refractivity contribution is 5.94. The van der Waals surface area contributed by atoms with Gasteiger partial charge >= 0.3 is 0 Å². The zero-order chi connectivity index (χ0) is 11.1. The Hall–Kier alpha value is -1.18. The average Bonchev–Trinajstić information content (AvgIpc) is 2.20. The van der Waals surface area contributed by atoms with Crippen LogP contribution in [0, 0.1) is 5.82 Å². The van der Waals surface area contributed by atoms with Crippen molar-refractivity contribution in [2.24, 2.45) is 0 Å². The molecule has 0 spiro atoms. The lowest BCUT2D eigenvalue weighted by Crippen LogP contribution is -1.97. The van der Waals surface area contributed by atoms with Gasteiger partial charge in [0.1, 0.15) is 5.82 Å². The van der Waals surface area contributed by atoms with E-state index < -0.39 is 5.82 Å². The third-order valence-electron chi connectivity index (χ3n) is 1.82. The summed E-state index contributed by atoms with van der Waals surface area (Å²) < 4.78 is 13.1. The van der Waals surface area contributed by atoms with Gasteiger partial charge in [-0.25, -0.2) is 4.39 Å². The number of carbonyl (C=O) groups excluding carboxylic acids is 1. The number of benzene rings is 1. The predicted molar refractivity (Wildman–Crippen MR) is 57.1 cm³/mol. The second-order valence-electron chi connectivity index (χ2n) is 2.72. The van der Waals surface area contributed by atoms with Crippen LogP contribution in [0.3, 0.4) is 0 Å². The molecule has 14 heavy (non-hydrogen) atoms. The van der Waals surface area contributed by atoms with E-state index in [1.807, 2.05) is 20.8 Å². The van der Waals surface area contributed by atoms with Crippen molar-refractivity contribution >= 4 is 5.78 Å². The second-order valence-corrected chi connectivity index (χ2v) is 2.72. The monoisotopic (exact) mass is 196 g/mol. The van der Waals surface area contributed by atoms with Crippen LogP contribution in [-0.4, -0.2) is 5.78 Å². The molecule has 78 valence electrons. The Bertz CT molecular complexity index is 305. The fourth-order valence-corrected chi connectivity index (χ4v) is 1.06. The van der Waals surface area contributed by atoms with Crippen LogP contribution in [0.2, 0.25) is 0 Å². The van der Waals surface area contributed by atoms with E-state index in [0.717, 1.165) is 12.0 Å². The molecule has 0 fully saturated rings. The Morgan fingerprint density at radius 2 is 1.93 bits per heavy atom. The van der Waals surface area contributed by atoms with Crippen LogP contribution in [0.1, 0.15) is 43.6 Å². The van der Waals surface area contributed by atoms with E-state index in [2.05, 4.69) is 0 Å². The van der Waals surface area contributed by atoms with Crippen molar-refractivity contribution in [3.05, 3.63) is 35.1 Å². The van der Waals surface area contributed by atoms with E-state index in [-0.39, 0.29) is 11.3 Å². The zero-order valence-corrected chi connectivity index (χ0v) is 9.23. The Labute approximate surface area is 85.0 Å². The summed E-state index contributed by atoms with van der Waals surface area (Å²) in [4.78, 5) is 10.8. The van der Waals surface area contributed by atoms with Crippen LogP contribution in [-0.2, 0) is 6.42 Å². The number of rotatable bonds is 2. The third-order valence-corrected chi connectivity index (χ3v) is 1.82. The maximum absolute atomic E-state index is 13.1.